The zero-order valence-electron chi connectivity index (χ0n) is 8.91. The number of allylic oxidation sites excluding steroid dienone is 2. The summed E-state index contributed by atoms with van der Waals surface area (Å²) in [5, 5.41) is 12.4. The van der Waals surface area contributed by atoms with Crippen molar-refractivity contribution >= 4 is 34.8 Å². The first-order valence-corrected chi connectivity index (χ1v) is 5.97. The van der Waals surface area contributed by atoms with E-state index in [4.69, 9.17) is 23.2 Å². The molecule has 1 aromatic carbocycles. The average Bonchev–Trinajstić information content (AvgIpc) is 2.79. The predicted octanol–water partition coefficient (Wildman–Crippen LogP) is 3.60. The summed E-state index contributed by atoms with van der Waals surface area (Å²) in [4.78, 5) is 11.8. The topological polar surface area (TPSA) is 49.3 Å². The first-order valence-electron chi connectivity index (χ1n) is 5.22. The van der Waals surface area contributed by atoms with Crippen molar-refractivity contribution in [2.45, 2.75) is 12.8 Å². The lowest BCUT2D eigenvalue weighted by Gasteiger charge is -2.11. The molecule has 2 rings (SSSR count). The van der Waals surface area contributed by atoms with Crippen LogP contribution in [-0.4, -0.2) is 11.0 Å². The van der Waals surface area contributed by atoms with Gasteiger partial charge in [0, 0.05) is 11.6 Å². The van der Waals surface area contributed by atoms with Crippen molar-refractivity contribution in [2.75, 3.05) is 5.32 Å². The lowest BCUT2D eigenvalue weighted by molar-refractivity contribution is -0.119. The minimum Gasteiger partial charge on any atom is -0.505 e. The number of anilines is 1. The van der Waals surface area contributed by atoms with E-state index in [1.54, 1.807) is 0 Å². The molecule has 0 saturated carbocycles. The summed E-state index contributed by atoms with van der Waals surface area (Å²) in [5.74, 6) is -0.261. The Kier molecular flexibility index (Phi) is 3.60. The van der Waals surface area contributed by atoms with E-state index in [-0.39, 0.29) is 27.6 Å². The van der Waals surface area contributed by atoms with Crippen molar-refractivity contribution in [3.63, 3.8) is 0 Å². The van der Waals surface area contributed by atoms with Crippen molar-refractivity contribution in [1.29, 1.82) is 0 Å². The van der Waals surface area contributed by atoms with Gasteiger partial charge in [-0.3, -0.25) is 4.79 Å². The third kappa shape index (κ3) is 2.73. The summed E-state index contributed by atoms with van der Waals surface area (Å²) in [6.45, 7) is 0. The maximum absolute atomic E-state index is 11.8. The number of phenolic OH excluding ortho intramolecular Hbond substituents is 1. The SMILES string of the molecule is O=C(Nc1cc(Cl)c(O)c(Cl)c1)C1CC=CC1. The van der Waals surface area contributed by atoms with Gasteiger partial charge in [-0.2, -0.15) is 0 Å². The van der Waals surface area contributed by atoms with Crippen LogP contribution >= 0.6 is 23.2 Å². The normalized spacial score (nSPS) is 15.2. The molecule has 3 nitrogen and oxygen atoms in total. The second-order valence-corrected chi connectivity index (χ2v) is 4.73. The Labute approximate surface area is 109 Å². The molecule has 0 heterocycles. The number of carbonyl (C=O) groups excluding carboxylic acids is 1. The minimum absolute atomic E-state index is 0.0265. The Morgan fingerprint density at radius 1 is 1.24 bits per heavy atom. The van der Waals surface area contributed by atoms with Gasteiger partial charge < -0.3 is 10.4 Å². The van der Waals surface area contributed by atoms with E-state index in [1.165, 1.54) is 12.1 Å². The Balaban J connectivity index is 2.11. The van der Waals surface area contributed by atoms with Crippen molar-refractivity contribution in [3.05, 3.63) is 34.3 Å². The molecule has 17 heavy (non-hydrogen) atoms. The standard InChI is InChI=1S/C12H11Cl2NO2/c13-9-5-8(6-10(14)11(9)16)15-12(17)7-3-1-2-4-7/h1-2,5-7,16H,3-4H2,(H,15,17). The Morgan fingerprint density at radius 2 is 1.76 bits per heavy atom. The maximum atomic E-state index is 11.8. The molecule has 0 fully saturated rings. The molecule has 2 N–H and O–H groups in total. The number of halogens is 2. The van der Waals surface area contributed by atoms with E-state index in [1.807, 2.05) is 12.2 Å². The summed E-state index contributed by atoms with van der Waals surface area (Å²) in [5.41, 5.74) is 0.495. The summed E-state index contributed by atoms with van der Waals surface area (Å²) in [6, 6.07) is 2.95. The molecule has 0 saturated heterocycles. The summed E-state index contributed by atoms with van der Waals surface area (Å²) >= 11 is 11.5. The molecule has 1 aliphatic carbocycles. The number of carbonyl (C=O) groups is 1. The van der Waals surface area contributed by atoms with Gasteiger partial charge in [-0.15, -0.1) is 0 Å². The van der Waals surface area contributed by atoms with Gasteiger partial charge in [-0.25, -0.2) is 0 Å². The second-order valence-electron chi connectivity index (χ2n) is 3.92. The summed E-state index contributed by atoms with van der Waals surface area (Å²) in [7, 11) is 0. The van der Waals surface area contributed by atoms with Gasteiger partial charge in [-0.05, 0) is 25.0 Å². The van der Waals surface area contributed by atoms with Crippen molar-refractivity contribution in [1.82, 2.24) is 0 Å². The molecule has 0 aliphatic heterocycles. The number of phenols is 1. The van der Waals surface area contributed by atoms with Gasteiger partial charge in [0.15, 0.2) is 5.75 Å². The third-order valence-corrected chi connectivity index (χ3v) is 3.24. The lowest BCUT2D eigenvalue weighted by Crippen LogP contribution is -2.20. The summed E-state index contributed by atoms with van der Waals surface area (Å²) < 4.78 is 0. The van der Waals surface area contributed by atoms with Crippen LogP contribution in [0.2, 0.25) is 10.0 Å². The van der Waals surface area contributed by atoms with E-state index in [0.29, 0.717) is 5.69 Å². The fraction of sp³-hybridized carbons (Fsp3) is 0.250. The van der Waals surface area contributed by atoms with Gasteiger partial charge in [0.25, 0.3) is 0 Å². The predicted molar refractivity (Wildman–Crippen MR) is 68.6 cm³/mol. The molecule has 1 aliphatic rings. The molecule has 1 amide bonds. The van der Waals surface area contributed by atoms with Crippen LogP contribution in [0, 0.1) is 5.92 Å². The molecule has 1 aromatic rings. The van der Waals surface area contributed by atoms with Gasteiger partial charge >= 0.3 is 0 Å². The van der Waals surface area contributed by atoms with E-state index in [9.17, 15) is 9.90 Å². The van der Waals surface area contributed by atoms with Crippen LogP contribution in [0.4, 0.5) is 5.69 Å². The quantitative estimate of drug-likeness (QED) is 0.638. The van der Waals surface area contributed by atoms with E-state index in [0.717, 1.165) is 12.8 Å². The van der Waals surface area contributed by atoms with Crippen LogP contribution < -0.4 is 5.32 Å². The average molecular weight is 272 g/mol. The Hall–Kier alpha value is -1.19. The molecular formula is C12H11Cl2NO2. The fourth-order valence-electron chi connectivity index (χ4n) is 1.71. The van der Waals surface area contributed by atoms with Crippen LogP contribution in [0.1, 0.15) is 12.8 Å². The first kappa shape index (κ1) is 12.3. The number of nitrogens with one attached hydrogen (secondary N) is 1. The molecule has 5 heteroatoms. The van der Waals surface area contributed by atoms with Crippen LogP contribution in [0.25, 0.3) is 0 Å². The Morgan fingerprint density at radius 3 is 2.29 bits per heavy atom. The van der Waals surface area contributed by atoms with Gasteiger partial charge in [0.05, 0.1) is 10.0 Å². The highest BCUT2D eigenvalue weighted by molar-refractivity contribution is 6.37. The zero-order valence-corrected chi connectivity index (χ0v) is 10.4. The fourth-order valence-corrected chi connectivity index (χ4v) is 2.20. The van der Waals surface area contributed by atoms with Crippen molar-refractivity contribution < 1.29 is 9.90 Å². The monoisotopic (exact) mass is 271 g/mol. The van der Waals surface area contributed by atoms with Gasteiger partial charge in [0.1, 0.15) is 0 Å². The molecule has 0 radical (unpaired) electrons. The number of rotatable bonds is 2. The first-order chi connectivity index (χ1) is 8.08. The molecule has 90 valence electrons. The van der Waals surface area contributed by atoms with Crippen LogP contribution in [-0.2, 0) is 4.79 Å². The molecular weight excluding hydrogens is 261 g/mol. The number of hydrogen-bond acceptors (Lipinski definition) is 2. The van der Waals surface area contributed by atoms with E-state index < -0.39 is 0 Å². The summed E-state index contributed by atoms with van der Waals surface area (Å²) in [6.07, 6.45) is 5.48. The second kappa shape index (κ2) is 4.98. The van der Waals surface area contributed by atoms with Crippen LogP contribution in [0.3, 0.4) is 0 Å². The number of aromatic hydroxyl groups is 1. The number of amides is 1. The smallest absolute Gasteiger partial charge is 0.228 e. The highest BCUT2D eigenvalue weighted by Crippen LogP contribution is 2.35. The number of hydrogen-bond donors (Lipinski definition) is 2. The van der Waals surface area contributed by atoms with Gasteiger partial charge in [0.2, 0.25) is 5.91 Å². The van der Waals surface area contributed by atoms with Gasteiger partial charge in [-0.1, -0.05) is 35.4 Å². The van der Waals surface area contributed by atoms with E-state index >= 15 is 0 Å². The zero-order chi connectivity index (χ0) is 12.4. The third-order valence-electron chi connectivity index (χ3n) is 2.66. The van der Waals surface area contributed by atoms with Crippen molar-refractivity contribution in [3.8, 4) is 5.75 Å². The lowest BCUT2D eigenvalue weighted by atomic mass is 10.1. The van der Waals surface area contributed by atoms with Crippen LogP contribution in [0.5, 0.6) is 5.75 Å². The minimum atomic E-state index is -0.172. The highest BCUT2D eigenvalue weighted by atomic mass is 35.5. The maximum Gasteiger partial charge on any atom is 0.228 e. The highest BCUT2D eigenvalue weighted by Gasteiger charge is 2.19. The van der Waals surface area contributed by atoms with E-state index in [2.05, 4.69) is 5.32 Å². The molecule has 0 unspecified atom stereocenters. The molecule has 0 atom stereocenters. The number of benzene rings is 1. The van der Waals surface area contributed by atoms with Crippen LogP contribution in [0.15, 0.2) is 24.3 Å². The van der Waals surface area contributed by atoms with Crippen molar-refractivity contribution in [2.24, 2.45) is 5.92 Å². The largest absolute Gasteiger partial charge is 0.505 e. The molecule has 0 aromatic heterocycles. The molecule has 0 spiro atoms. The Bertz CT molecular complexity index is 454. The molecule has 0 bridgehead atoms.